The standard InChI is InChI=1S/C35H33N3O2S/c1-20-10-13-30(23(4)18-20)40-31-14-12-22(3)24(5)33(31)28-16-17-36-35(38-28)41-32-15-11-21(2)19-27(32)26-8-7-9-29-34(26)39-25(6)37-29/h7-17,19,23H,18H2,1-6H3. The third-order valence-corrected chi connectivity index (χ3v) is 8.56. The second-order valence-electron chi connectivity index (χ2n) is 10.9. The molecule has 0 amide bonds. The quantitative estimate of drug-likeness (QED) is 0.193. The maximum Gasteiger partial charge on any atom is 0.192 e. The maximum atomic E-state index is 6.56. The lowest BCUT2D eigenvalue weighted by atomic mass is 9.94. The molecule has 0 saturated heterocycles. The maximum absolute atomic E-state index is 6.56. The molecule has 1 atom stereocenters. The highest BCUT2D eigenvalue weighted by Gasteiger charge is 2.21. The van der Waals surface area contributed by atoms with Crippen LogP contribution in [0.1, 0.15) is 42.8 Å². The van der Waals surface area contributed by atoms with Gasteiger partial charge in [-0.05, 0) is 92.9 Å². The van der Waals surface area contributed by atoms with Crippen LogP contribution in [0.2, 0.25) is 0 Å². The van der Waals surface area contributed by atoms with E-state index in [1.165, 1.54) is 16.7 Å². The van der Waals surface area contributed by atoms with Crippen molar-refractivity contribution in [2.45, 2.75) is 58.0 Å². The van der Waals surface area contributed by atoms with Gasteiger partial charge in [-0.25, -0.2) is 15.0 Å². The zero-order valence-electron chi connectivity index (χ0n) is 24.3. The van der Waals surface area contributed by atoms with Gasteiger partial charge in [0.1, 0.15) is 17.0 Å². The number of para-hydroxylation sites is 1. The van der Waals surface area contributed by atoms with Gasteiger partial charge in [-0.15, -0.1) is 0 Å². The van der Waals surface area contributed by atoms with Crippen LogP contribution in [0.4, 0.5) is 0 Å². The van der Waals surface area contributed by atoms with E-state index in [1.54, 1.807) is 11.8 Å². The van der Waals surface area contributed by atoms with Crippen LogP contribution >= 0.6 is 11.8 Å². The number of oxazole rings is 1. The van der Waals surface area contributed by atoms with Gasteiger partial charge in [0.2, 0.25) is 0 Å². The Morgan fingerprint density at radius 3 is 2.59 bits per heavy atom. The van der Waals surface area contributed by atoms with Crippen LogP contribution < -0.4 is 4.74 Å². The van der Waals surface area contributed by atoms with Crippen molar-refractivity contribution in [3.8, 4) is 28.1 Å². The van der Waals surface area contributed by atoms with Gasteiger partial charge in [0, 0.05) is 35.1 Å². The molecule has 0 radical (unpaired) electrons. The molecule has 206 valence electrons. The number of ether oxygens (including phenoxy) is 1. The van der Waals surface area contributed by atoms with Gasteiger partial charge >= 0.3 is 0 Å². The van der Waals surface area contributed by atoms with Crippen molar-refractivity contribution in [1.29, 1.82) is 0 Å². The highest BCUT2D eigenvalue weighted by atomic mass is 32.2. The molecule has 0 bridgehead atoms. The predicted molar refractivity (Wildman–Crippen MR) is 166 cm³/mol. The Bertz CT molecular complexity index is 1850. The summed E-state index contributed by atoms with van der Waals surface area (Å²) in [5, 5.41) is 0.671. The smallest absolute Gasteiger partial charge is 0.192 e. The fourth-order valence-corrected chi connectivity index (χ4v) is 6.21. The molecule has 1 unspecified atom stereocenters. The van der Waals surface area contributed by atoms with Crippen LogP contribution in [0, 0.1) is 33.6 Å². The van der Waals surface area contributed by atoms with Crippen molar-refractivity contribution in [2.75, 3.05) is 0 Å². The van der Waals surface area contributed by atoms with Gasteiger partial charge in [-0.2, -0.15) is 0 Å². The van der Waals surface area contributed by atoms with Crippen LogP contribution in [-0.2, 0) is 0 Å². The van der Waals surface area contributed by atoms with Crippen LogP contribution in [0.5, 0.6) is 5.75 Å². The molecule has 41 heavy (non-hydrogen) atoms. The monoisotopic (exact) mass is 559 g/mol. The van der Waals surface area contributed by atoms with Crippen molar-refractivity contribution < 1.29 is 9.15 Å². The summed E-state index contributed by atoms with van der Waals surface area (Å²) in [7, 11) is 0. The number of fused-ring (bicyclic) bond motifs is 1. The van der Waals surface area contributed by atoms with E-state index in [0.717, 1.165) is 61.9 Å². The van der Waals surface area contributed by atoms with E-state index in [-0.39, 0.29) is 0 Å². The summed E-state index contributed by atoms with van der Waals surface area (Å²) < 4.78 is 12.6. The second-order valence-corrected chi connectivity index (χ2v) is 11.9. The third-order valence-electron chi connectivity index (χ3n) is 7.61. The minimum absolute atomic E-state index is 0.323. The number of hydrogen-bond acceptors (Lipinski definition) is 6. The first-order valence-electron chi connectivity index (χ1n) is 13.9. The largest absolute Gasteiger partial charge is 0.461 e. The molecule has 0 N–H and O–H groups in total. The molecule has 3 aromatic carbocycles. The Labute approximate surface area is 245 Å². The third kappa shape index (κ3) is 5.44. The number of aromatic nitrogens is 3. The molecule has 0 aliphatic heterocycles. The van der Waals surface area contributed by atoms with Gasteiger partial charge in [-0.3, -0.25) is 0 Å². The SMILES string of the molecule is CC1=CC=C(Oc2ccc(C)c(C)c2-c2ccnc(Sc3ccc(C)cc3-c3cccc4nc(C)oc34)n2)C(C)C1. The lowest BCUT2D eigenvalue weighted by Crippen LogP contribution is -2.11. The molecule has 6 rings (SSSR count). The minimum Gasteiger partial charge on any atom is -0.461 e. The molecule has 2 aromatic heterocycles. The lowest BCUT2D eigenvalue weighted by molar-refractivity contribution is 0.353. The highest BCUT2D eigenvalue weighted by molar-refractivity contribution is 7.99. The molecule has 0 saturated carbocycles. The van der Waals surface area contributed by atoms with Crippen molar-refractivity contribution in [3.05, 3.63) is 107 Å². The fourth-order valence-electron chi connectivity index (χ4n) is 5.34. The molecule has 6 heteroatoms. The Balaban J connectivity index is 1.39. The van der Waals surface area contributed by atoms with E-state index in [4.69, 9.17) is 14.1 Å². The predicted octanol–water partition coefficient (Wildman–Crippen LogP) is 9.59. The Kier molecular flexibility index (Phi) is 7.26. The fraction of sp³-hybridized carbons (Fsp3) is 0.229. The first-order valence-corrected chi connectivity index (χ1v) is 14.7. The zero-order chi connectivity index (χ0) is 28.7. The van der Waals surface area contributed by atoms with E-state index in [9.17, 15) is 0 Å². The summed E-state index contributed by atoms with van der Waals surface area (Å²) in [5.41, 5.74) is 10.4. The van der Waals surface area contributed by atoms with Gasteiger partial charge in [-0.1, -0.05) is 54.5 Å². The molecule has 2 heterocycles. The number of rotatable bonds is 6. The Morgan fingerprint density at radius 2 is 1.76 bits per heavy atom. The van der Waals surface area contributed by atoms with Crippen molar-refractivity contribution in [3.63, 3.8) is 0 Å². The number of aryl methyl sites for hydroxylation is 3. The summed E-state index contributed by atoms with van der Waals surface area (Å²) in [6.45, 7) is 12.6. The van der Waals surface area contributed by atoms with E-state index < -0.39 is 0 Å². The molecule has 0 fully saturated rings. The average Bonchev–Trinajstić information content (AvgIpc) is 3.34. The summed E-state index contributed by atoms with van der Waals surface area (Å²) in [5.74, 6) is 2.77. The lowest BCUT2D eigenvalue weighted by Gasteiger charge is -2.23. The molecule has 5 nitrogen and oxygen atoms in total. The van der Waals surface area contributed by atoms with Gasteiger partial charge in [0.15, 0.2) is 16.6 Å². The van der Waals surface area contributed by atoms with Crippen molar-refractivity contribution in [1.82, 2.24) is 15.0 Å². The number of allylic oxidation sites excluding steroid dienone is 4. The van der Waals surface area contributed by atoms with E-state index in [2.05, 4.69) is 93.1 Å². The van der Waals surface area contributed by atoms with Gasteiger partial charge < -0.3 is 9.15 Å². The van der Waals surface area contributed by atoms with Crippen LogP contribution in [-0.4, -0.2) is 15.0 Å². The molecule has 1 aliphatic rings. The molecular formula is C35H33N3O2S. The topological polar surface area (TPSA) is 61.0 Å². The first kappa shape index (κ1) is 27.0. The summed E-state index contributed by atoms with van der Waals surface area (Å²) in [4.78, 5) is 15.3. The Morgan fingerprint density at radius 1 is 0.902 bits per heavy atom. The van der Waals surface area contributed by atoms with Gasteiger partial charge in [0.25, 0.3) is 0 Å². The van der Waals surface area contributed by atoms with Crippen LogP contribution in [0.3, 0.4) is 0 Å². The highest BCUT2D eigenvalue weighted by Crippen LogP contribution is 2.41. The van der Waals surface area contributed by atoms with E-state index in [1.807, 2.05) is 31.3 Å². The summed E-state index contributed by atoms with van der Waals surface area (Å²) >= 11 is 1.55. The average molecular weight is 560 g/mol. The van der Waals surface area contributed by atoms with Crippen molar-refractivity contribution in [2.24, 2.45) is 5.92 Å². The van der Waals surface area contributed by atoms with Crippen LogP contribution in [0.15, 0.2) is 98.7 Å². The number of hydrogen-bond donors (Lipinski definition) is 0. The molecule has 1 aliphatic carbocycles. The summed E-state index contributed by atoms with van der Waals surface area (Å²) in [6, 6.07) is 18.7. The van der Waals surface area contributed by atoms with E-state index in [0.29, 0.717) is 17.0 Å². The summed E-state index contributed by atoms with van der Waals surface area (Å²) in [6.07, 6.45) is 7.08. The van der Waals surface area contributed by atoms with Crippen molar-refractivity contribution >= 4 is 22.9 Å². The number of benzene rings is 3. The first-order chi connectivity index (χ1) is 19.8. The molecule has 0 spiro atoms. The van der Waals surface area contributed by atoms with Crippen LogP contribution in [0.25, 0.3) is 33.5 Å². The minimum atomic E-state index is 0.323. The van der Waals surface area contributed by atoms with E-state index >= 15 is 0 Å². The normalized spacial score (nSPS) is 15.1. The molecular weight excluding hydrogens is 526 g/mol. The molecule has 5 aromatic rings. The second kappa shape index (κ2) is 11.0. The Hall–Kier alpha value is -4.16. The number of nitrogens with zero attached hydrogens (tertiary/aromatic N) is 3. The van der Waals surface area contributed by atoms with Gasteiger partial charge in [0.05, 0.1) is 5.69 Å². The zero-order valence-corrected chi connectivity index (χ0v) is 25.1.